The van der Waals surface area contributed by atoms with Gasteiger partial charge in [-0.05, 0) is 80.0 Å². The number of anilines is 1. The lowest BCUT2D eigenvalue weighted by atomic mass is 9.94. The van der Waals surface area contributed by atoms with Gasteiger partial charge in [-0.15, -0.1) is 0 Å². The number of likely N-dealkylation sites (tertiary alicyclic amines) is 1. The third-order valence-corrected chi connectivity index (χ3v) is 11.3. The van der Waals surface area contributed by atoms with Gasteiger partial charge in [0.05, 0.1) is 12.8 Å². The zero-order chi connectivity index (χ0) is 34.9. The zero-order valence-electron chi connectivity index (χ0n) is 30.3. The monoisotopic (exact) mass is 689 g/mol. The van der Waals surface area contributed by atoms with E-state index in [1.165, 1.54) is 68.1 Å². The molecule has 2 atom stereocenters. The summed E-state index contributed by atoms with van der Waals surface area (Å²) in [5.74, 6) is 0.871. The van der Waals surface area contributed by atoms with E-state index < -0.39 is 6.10 Å². The predicted molar refractivity (Wildman–Crippen MR) is 197 cm³/mol. The van der Waals surface area contributed by atoms with Crippen molar-refractivity contribution in [2.24, 2.45) is 0 Å². The van der Waals surface area contributed by atoms with Gasteiger partial charge in [-0.1, -0.05) is 50.7 Å². The number of hydrogen-bond acceptors (Lipinski definition) is 8. The highest BCUT2D eigenvalue weighted by molar-refractivity contribution is 5.95. The third kappa shape index (κ3) is 9.99. The number of piperidine rings is 1. The van der Waals surface area contributed by atoms with Crippen molar-refractivity contribution in [3.63, 3.8) is 0 Å². The summed E-state index contributed by atoms with van der Waals surface area (Å²) in [5.41, 5.74) is 5.28. The van der Waals surface area contributed by atoms with E-state index in [4.69, 9.17) is 9.47 Å². The number of β-amino-alcohol motifs (C(OH)–C–C–N with tert-alkyl or cyclic N) is 1. The van der Waals surface area contributed by atoms with Crippen LogP contribution in [0.4, 0.5) is 5.69 Å². The van der Waals surface area contributed by atoms with Crippen LogP contribution >= 0.6 is 0 Å². The Labute approximate surface area is 298 Å². The second kappa shape index (κ2) is 17.8. The summed E-state index contributed by atoms with van der Waals surface area (Å²) in [7, 11) is 0. The summed E-state index contributed by atoms with van der Waals surface area (Å²) < 4.78 is 12.5. The third-order valence-electron chi connectivity index (χ3n) is 11.3. The number of carbonyl (C=O) groups excluding carboxylic acids is 2. The minimum Gasteiger partial charge on any atom is -0.491 e. The second-order valence-corrected chi connectivity index (χ2v) is 15.0. The molecule has 3 N–H and O–H groups in total. The van der Waals surface area contributed by atoms with Crippen LogP contribution in [0.2, 0.25) is 0 Å². The molecule has 2 aromatic carbocycles. The number of aliphatic hydroxyl groups is 1. The molecule has 1 aliphatic carbocycles. The number of benzene rings is 2. The van der Waals surface area contributed by atoms with E-state index in [2.05, 4.69) is 39.5 Å². The topological polar surface area (TPSA) is 107 Å². The van der Waals surface area contributed by atoms with Crippen molar-refractivity contribution in [3.05, 3.63) is 58.7 Å². The first-order chi connectivity index (χ1) is 24.3. The molecule has 2 saturated heterocycles. The van der Waals surface area contributed by atoms with E-state index >= 15 is 0 Å². The number of aliphatic hydroxyl groups excluding tert-OH is 1. The molecule has 0 spiro atoms. The maximum absolute atomic E-state index is 13.0. The summed E-state index contributed by atoms with van der Waals surface area (Å²) in [4.78, 5) is 31.3. The average Bonchev–Trinajstić information content (AvgIpc) is 3.64. The van der Waals surface area contributed by atoms with Gasteiger partial charge in [-0.3, -0.25) is 19.4 Å². The van der Waals surface area contributed by atoms with Crippen LogP contribution < -0.4 is 15.4 Å². The van der Waals surface area contributed by atoms with Crippen LogP contribution in [0.5, 0.6) is 5.75 Å². The molecule has 2 amide bonds. The molecule has 0 bridgehead atoms. The molecule has 3 aliphatic heterocycles. The van der Waals surface area contributed by atoms with Crippen molar-refractivity contribution >= 4 is 17.5 Å². The first kappa shape index (κ1) is 36.6. The lowest BCUT2D eigenvalue weighted by molar-refractivity contribution is -0.129. The minimum atomic E-state index is -0.671. The van der Waals surface area contributed by atoms with Gasteiger partial charge in [0.2, 0.25) is 5.91 Å². The van der Waals surface area contributed by atoms with Crippen LogP contribution in [0.15, 0.2) is 36.4 Å². The molecule has 10 heteroatoms. The Bertz CT molecular complexity index is 1420. The average molecular weight is 690 g/mol. The summed E-state index contributed by atoms with van der Waals surface area (Å²) in [5, 5.41) is 17.3. The van der Waals surface area contributed by atoms with Crippen LogP contribution in [0.3, 0.4) is 0 Å². The normalized spacial score (nSPS) is 22.2. The summed E-state index contributed by atoms with van der Waals surface area (Å²) >= 11 is 0. The maximum atomic E-state index is 13.0. The molecule has 4 aliphatic rings. The largest absolute Gasteiger partial charge is 0.491 e. The molecule has 50 heavy (non-hydrogen) atoms. The smallest absolute Gasteiger partial charge is 0.251 e. The number of nitrogens with one attached hydrogen (secondary N) is 2. The maximum Gasteiger partial charge on any atom is 0.251 e. The second-order valence-electron chi connectivity index (χ2n) is 15.0. The van der Waals surface area contributed by atoms with Gasteiger partial charge in [0.1, 0.15) is 18.5 Å². The Morgan fingerprint density at radius 1 is 1.00 bits per heavy atom. The summed E-state index contributed by atoms with van der Waals surface area (Å²) in [6.45, 7) is 9.84. The van der Waals surface area contributed by atoms with Crippen molar-refractivity contribution < 1.29 is 24.2 Å². The number of hydrogen-bond donors (Lipinski definition) is 3. The number of amides is 2. The Morgan fingerprint density at radius 3 is 2.52 bits per heavy atom. The Hall–Kier alpha value is -3.18. The van der Waals surface area contributed by atoms with E-state index in [1.54, 1.807) is 13.0 Å². The summed E-state index contributed by atoms with van der Waals surface area (Å²) in [6, 6.07) is 12.7. The first-order valence-corrected chi connectivity index (χ1v) is 19.2. The van der Waals surface area contributed by atoms with E-state index in [0.717, 1.165) is 70.2 Å². The number of ether oxygens (including phenoxy) is 2. The standard InChI is InChI=1S/C40H59N5O5/c1-29-38-18-19-43(24-32(38)14-15-39(29)49-27-37-26-45(28-50-37)35-12-7-5-3-4-6-8-13-35)25-36(47)23-41-40(48)31-10-9-11-34(22-31)42-33-16-20-44(21-17-33)30(2)46/h9-11,14-15,22,33,35-37,42,47H,3-8,12-13,16-21,23-28H2,1-2H3,(H,41,48)/t36-,37?/m0/s1. The predicted octanol–water partition coefficient (Wildman–Crippen LogP) is 5.11. The molecular formula is C40H59N5O5. The number of carbonyl (C=O) groups is 2. The van der Waals surface area contributed by atoms with Gasteiger partial charge < -0.3 is 30.1 Å². The van der Waals surface area contributed by atoms with Crippen LogP contribution in [-0.4, -0.2) is 109 Å². The van der Waals surface area contributed by atoms with Crippen LogP contribution in [0, 0.1) is 6.92 Å². The molecule has 1 saturated carbocycles. The van der Waals surface area contributed by atoms with Gasteiger partial charge in [-0.2, -0.15) is 0 Å². The quantitative estimate of drug-likeness (QED) is 0.299. The number of fused-ring (bicyclic) bond motifs is 1. The highest BCUT2D eigenvalue weighted by atomic mass is 16.5. The molecule has 2 aromatic rings. The fourth-order valence-corrected chi connectivity index (χ4v) is 8.27. The fourth-order valence-electron chi connectivity index (χ4n) is 8.27. The van der Waals surface area contributed by atoms with E-state index in [9.17, 15) is 14.7 Å². The summed E-state index contributed by atoms with van der Waals surface area (Å²) in [6.07, 6.45) is 12.9. The lowest BCUT2D eigenvalue weighted by Gasteiger charge is -2.32. The molecule has 274 valence electrons. The molecule has 6 rings (SSSR count). The van der Waals surface area contributed by atoms with Gasteiger partial charge in [0, 0.05) is 76.1 Å². The molecule has 3 fully saturated rings. The van der Waals surface area contributed by atoms with Crippen LogP contribution in [-0.2, 0) is 22.5 Å². The zero-order valence-corrected chi connectivity index (χ0v) is 30.3. The molecule has 1 unspecified atom stereocenters. The SMILES string of the molecule is CC(=O)N1CCC(Nc2cccc(C(=O)NC[C@H](O)CN3CCc4c(ccc(OCC5CN(C6CCCCCCCC6)CO5)c4C)C3)c2)CC1. The number of nitrogens with zero attached hydrogens (tertiary/aromatic N) is 3. The Balaban J connectivity index is 0.921. The van der Waals surface area contributed by atoms with E-state index in [0.29, 0.717) is 24.8 Å². The Kier molecular flexibility index (Phi) is 13.1. The van der Waals surface area contributed by atoms with Crippen LogP contribution in [0.25, 0.3) is 0 Å². The first-order valence-electron chi connectivity index (χ1n) is 19.2. The van der Waals surface area contributed by atoms with Crippen molar-refractivity contribution in [2.45, 2.75) is 115 Å². The van der Waals surface area contributed by atoms with Crippen molar-refractivity contribution in [3.8, 4) is 5.75 Å². The van der Waals surface area contributed by atoms with Crippen molar-refractivity contribution in [1.82, 2.24) is 20.0 Å². The molecular weight excluding hydrogens is 630 g/mol. The van der Waals surface area contributed by atoms with Crippen molar-refractivity contribution in [1.29, 1.82) is 0 Å². The molecule has 10 nitrogen and oxygen atoms in total. The van der Waals surface area contributed by atoms with Crippen molar-refractivity contribution in [2.75, 3.05) is 57.9 Å². The van der Waals surface area contributed by atoms with E-state index in [-0.39, 0.29) is 30.5 Å². The fraction of sp³-hybridized carbons (Fsp3) is 0.650. The van der Waals surface area contributed by atoms with Gasteiger partial charge in [-0.25, -0.2) is 0 Å². The number of rotatable bonds is 11. The van der Waals surface area contributed by atoms with E-state index in [1.807, 2.05) is 23.1 Å². The molecule has 3 heterocycles. The minimum absolute atomic E-state index is 0.110. The van der Waals surface area contributed by atoms with Gasteiger partial charge in [0.15, 0.2) is 0 Å². The van der Waals surface area contributed by atoms with Gasteiger partial charge in [0.25, 0.3) is 5.91 Å². The molecule has 0 aromatic heterocycles. The van der Waals surface area contributed by atoms with Gasteiger partial charge >= 0.3 is 0 Å². The Morgan fingerprint density at radius 2 is 1.76 bits per heavy atom. The highest BCUT2D eigenvalue weighted by Gasteiger charge is 2.30. The highest BCUT2D eigenvalue weighted by Crippen LogP contribution is 2.30. The van der Waals surface area contributed by atoms with Crippen LogP contribution in [0.1, 0.15) is 98.2 Å². The molecule has 0 radical (unpaired) electrons. The lowest BCUT2D eigenvalue weighted by Crippen LogP contribution is -2.42.